The molecule has 0 aliphatic heterocycles. The van der Waals surface area contributed by atoms with E-state index in [0.717, 1.165) is 17.7 Å². The third kappa shape index (κ3) is 3.38. The van der Waals surface area contributed by atoms with Crippen molar-refractivity contribution in [3.8, 4) is 0 Å². The smallest absolute Gasteiger partial charge is 0.281 e. The quantitative estimate of drug-likeness (QED) is 0.919. The van der Waals surface area contributed by atoms with Crippen LogP contribution in [0.1, 0.15) is 30.7 Å². The highest BCUT2D eigenvalue weighted by molar-refractivity contribution is 9.10. The minimum Gasteiger partial charge on any atom is -0.298 e. The Morgan fingerprint density at radius 3 is 2.47 bits per heavy atom. The second kappa shape index (κ2) is 5.78. The van der Waals surface area contributed by atoms with Gasteiger partial charge in [-0.05, 0) is 40.8 Å². The summed E-state index contributed by atoms with van der Waals surface area (Å²) in [6, 6.07) is 8.23. The van der Waals surface area contributed by atoms with Crippen LogP contribution < -0.4 is 5.56 Å². The molecule has 0 atom stereocenters. The van der Waals surface area contributed by atoms with Crippen LogP contribution in [0.25, 0.3) is 0 Å². The highest BCUT2D eigenvalue weighted by Crippen LogP contribution is 2.15. The van der Waals surface area contributed by atoms with E-state index in [1.807, 2.05) is 0 Å². The number of aromatic nitrogens is 2. The molecule has 0 aliphatic carbocycles. The molecule has 0 spiro atoms. The van der Waals surface area contributed by atoms with E-state index in [9.17, 15) is 4.79 Å². The second-order valence-corrected chi connectivity index (χ2v) is 6.17. The number of hydrogen-bond acceptors (Lipinski definition) is 1. The van der Waals surface area contributed by atoms with E-state index in [0.29, 0.717) is 16.9 Å². The third-order valence-electron chi connectivity index (χ3n) is 3.04. The van der Waals surface area contributed by atoms with Crippen molar-refractivity contribution in [2.24, 2.45) is 5.92 Å². The zero-order chi connectivity index (χ0) is 14.0. The van der Waals surface area contributed by atoms with Crippen LogP contribution in [0.5, 0.6) is 0 Å². The Morgan fingerprint density at radius 2 is 1.89 bits per heavy atom. The predicted octanol–water partition coefficient (Wildman–Crippen LogP) is 3.49. The van der Waals surface area contributed by atoms with Crippen molar-refractivity contribution >= 4 is 15.9 Å². The molecule has 1 aromatic heterocycles. The van der Waals surface area contributed by atoms with Crippen LogP contribution in [0.2, 0.25) is 0 Å². The molecule has 0 saturated heterocycles. The summed E-state index contributed by atoms with van der Waals surface area (Å²) in [4.78, 5) is 12.1. The van der Waals surface area contributed by atoms with Gasteiger partial charge in [-0.2, -0.15) is 0 Å². The van der Waals surface area contributed by atoms with Gasteiger partial charge in [0.1, 0.15) is 4.47 Å². The first-order valence-corrected chi connectivity index (χ1v) is 7.29. The summed E-state index contributed by atoms with van der Waals surface area (Å²) in [6.45, 7) is 6.92. The number of benzene rings is 1. The molecule has 3 nitrogen and oxygen atoms in total. The summed E-state index contributed by atoms with van der Waals surface area (Å²) >= 11 is 3.39. The maximum atomic E-state index is 12.1. The van der Waals surface area contributed by atoms with Gasteiger partial charge in [0.2, 0.25) is 0 Å². The van der Waals surface area contributed by atoms with Crippen molar-refractivity contribution in [1.29, 1.82) is 0 Å². The molecule has 1 N–H and O–H groups in total. The van der Waals surface area contributed by atoms with Gasteiger partial charge in [0, 0.05) is 0 Å². The minimum atomic E-state index is 0.0104. The van der Waals surface area contributed by atoms with E-state index in [2.05, 4.69) is 66.1 Å². The fraction of sp³-hybridized carbons (Fsp3) is 0.400. The highest BCUT2D eigenvalue weighted by Gasteiger charge is 2.12. The van der Waals surface area contributed by atoms with Crippen molar-refractivity contribution in [1.82, 2.24) is 9.78 Å². The van der Waals surface area contributed by atoms with Crippen LogP contribution in [0.15, 0.2) is 33.5 Å². The summed E-state index contributed by atoms with van der Waals surface area (Å²) in [6.07, 6.45) is 0.872. The Morgan fingerprint density at radius 1 is 1.26 bits per heavy atom. The van der Waals surface area contributed by atoms with Crippen molar-refractivity contribution in [3.05, 3.63) is 55.9 Å². The Balaban J connectivity index is 2.26. The molecule has 1 heterocycles. The number of aromatic amines is 1. The van der Waals surface area contributed by atoms with Crippen molar-refractivity contribution in [2.45, 2.75) is 33.7 Å². The van der Waals surface area contributed by atoms with Crippen molar-refractivity contribution in [3.63, 3.8) is 0 Å². The lowest BCUT2D eigenvalue weighted by Crippen LogP contribution is -2.17. The van der Waals surface area contributed by atoms with Crippen molar-refractivity contribution < 1.29 is 0 Å². The molecule has 2 aromatic rings. The van der Waals surface area contributed by atoms with E-state index in [4.69, 9.17) is 0 Å². The lowest BCUT2D eigenvalue weighted by atomic mass is 10.1. The van der Waals surface area contributed by atoms with Crippen LogP contribution >= 0.6 is 15.9 Å². The van der Waals surface area contributed by atoms with E-state index < -0.39 is 0 Å². The fourth-order valence-corrected chi connectivity index (χ4v) is 2.51. The maximum absolute atomic E-state index is 12.1. The first-order valence-electron chi connectivity index (χ1n) is 6.50. The molecule has 0 bridgehead atoms. The topological polar surface area (TPSA) is 37.8 Å². The molecule has 0 radical (unpaired) electrons. The van der Waals surface area contributed by atoms with Crippen molar-refractivity contribution in [2.75, 3.05) is 0 Å². The summed E-state index contributed by atoms with van der Waals surface area (Å²) in [7, 11) is 0. The Labute approximate surface area is 121 Å². The van der Waals surface area contributed by atoms with Gasteiger partial charge in [-0.15, -0.1) is 0 Å². The monoisotopic (exact) mass is 322 g/mol. The summed E-state index contributed by atoms with van der Waals surface area (Å²) in [5.74, 6) is 0.516. The van der Waals surface area contributed by atoms with Gasteiger partial charge < -0.3 is 0 Å². The third-order valence-corrected chi connectivity index (χ3v) is 3.86. The second-order valence-electron chi connectivity index (χ2n) is 5.38. The van der Waals surface area contributed by atoms with E-state index in [-0.39, 0.29) is 5.56 Å². The largest absolute Gasteiger partial charge is 0.298 e. The molecule has 0 aliphatic rings. The average molecular weight is 323 g/mol. The van der Waals surface area contributed by atoms with Crippen LogP contribution in [0, 0.1) is 12.8 Å². The predicted molar refractivity (Wildman–Crippen MR) is 81.6 cm³/mol. The van der Waals surface area contributed by atoms with E-state index in [1.54, 1.807) is 4.68 Å². The Kier molecular flexibility index (Phi) is 4.30. The molecule has 0 saturated carbocycles. The standard InChI is InChI=1S/C15H19BrN2O/c1-10(2)8-13-14(16)15(19)18(17-13)9-12-6-4-11(3)5-7-12/h4-7,10,17H,8-9H2,1-3H3. The number of hydrogen-bond donors (Lipinski definition) is 1. The van der Waals surface area contributed by atoms with Gasteiger partial charge in [-0.1, -0.05) is 43.7 Å². The molecule has 0 fully saturated rings. The molecule has 0 unspecified atom stereocenters. The summed E-state index contributed by atoms with van der Waals surface area (Å²) in [5, 5.41) is 3.20. The molecule has 2 rings (SSSR count). The lowest BCUT2D eigenvalue weighted by molar-refractivity contribution is 0.602. The Bertz CT molecular complexity index is 608. The number of nitrogens with one attached hydrogen (secondary N) is 1. The van der Waals surface area contributed by atoms with Crippen LogP contribution in [0.4, 0.5) is 0 Å². The highest BCUT2D eigenvalue weighted by atomic mass is 79.9. The van der Waals surface area contributed by atoms with Crippen LogP contribution in [0.3, 0.4) is 0 Å². The lowest BCUT2D eigenvalue weighted by Gasteiger charge is -2.04. The molecule has 102 valence electrons. The average Bonchev–Trinajstić information content (AvgIpc) is 2.60. The molecular formula is C15H19BrN2O. The Hall–Kier alpha value is -1.29. The molecule has 4 heteroatoms. The van der Waals surface area contributed by atoms with Gasteiger partial charge in [0.15, 0.2) is 0 Å². The molecule has 19 heavy (non-hydrogen) atoms. The van der Waals surface area contributed by atoms with E-state index >= 15 is 0 Å². The number of H-pyrrole nitrogens is 1. The van der Waals surface area contributed by atoms with E-state index in [1.165, 1.54) is 5.56 Å². The zero-order valence-corrected chi connectivity index (χ0v) is 13.1. The first-order chi connectivity index (χ1) is 8.97. The number of halogens is 1. The zero-order valence-electron chi connectivity index (χ0n) is 11.5. The summed E-state index contributed by atoms with van der Waals surface area (Å²) in [5.41, 5.74) is 3.34. The number of aryl methyl sites for hydroxylation is 1. The number of nitrogens with zero attached hydrogens (tertiary/aromatic N) is 1. The normalized spacial score (nSPS) is 11.2. The van der Waals surface area contributed by atoms with Crippen LogP contribution in [-0.2, 0) is 13.0 Å². The van der Waals surface area contributed by atoms with Gasteiger partial charge in [-0.3, -0.25) is 9.89 Å². The van der Waals surface area contributed by atoms with Crippen LogP contribution in [-0.4, -0.2) is 9.78 Å². The first kappa shape index (κ1) is 14.1. The maximum Gasteiger partial charge on any atom is 0.281 e. The van der Waals surface area contributed by atoms with Gasteiger partial charge >= 0.3 is 0 Å². The summed E-state index contributed by atoms with van der Waals surface area (Å²) < 4.78 is 2.32. The van der Waals surface area contributed by atoms with Gasteiger partial charge in [-0.25, -0.2) is 4.68 Å². The van der Waals surface area contributed by atoms with Gasteiger partial charge in [0.05, 0.1) is 12.2 Å². The molecular weight excluding hydrogens is 304 g/mol. The van der Waals surface area contributed by atoms with Gasteiger partial charge in [0.25, 0.3) is 5.56 Å². The molecule has 1 aromatic carbocycles. The molecule has 0 amide bonds. The number of rotatable bonds is 4. The minimum absolute atomic E-state index is 0.0104. The fourth-order valence-electron chi connectivity index (χ4n) is 2.04. The SMILES string of the molecule is Cc1ccc(Cn2[nH]c(CC(C)C)c(Br)c2=O)cc1.